The van der Waals surface area contributed by atoms with Gasteiger partial charge in [0.2, 0.25) is 0 Å². The average molecular weight is 395 g/mol. The maximum absolute atomic E-state index is 10.6. The largest absolute Gasteiger partial charge is 0.508 e. The molecule has 0 radical (unpaired) electrons. The van der Waals surface area contributed by atoms with Crippen molar-refractivity contribution in [1.29, 1.82) is 0 Å². The normalized spacial score (nSPS) is 18.8. The number of hydrogen-bond acceptors (Lipinski definition) is 2. The van der Waals surface area contributed by atoms with Gasteiger partial charge in [0.15, 0.2) is 0 Å². The van der Waals surface area contributed by atoms with Crippen LogP contribution in [-0.2, 0) is 5.41 Å². The van der Waals surface area contributed by atoms with Crippen molar-refractivity contribution < 1.29 is 9.84 Å². The van der Waals surface area contributed by atoms with Crippen LogP contribution in [0.3, 0.4) is 0 Å². The summed E-state index contributed by atoms with van der Waals surface area (Å²) in [6, 6.07) is 4.05. The van der Waals surface area contributed by atoms with E-state index < -0.39 is 0 Å². The van der Waals surface area contributed by atoms with Gasteiger partial charge in [-0.3, -0.25) is 0 Å². The van der Waals surface area contributed by atoms with Gasteiger partial charge in [0.25, 0.3) is 0 Å². The Labute approximate surface area is 171 Å². The Hall–Kier alpha value is -0.890. The molecule has 27 heavy (non-hydrogen) atoms. The van der Waals surface area contributed by atoms with E-state index in [-0.39, 0.29) is 11.0 Å². The summed E-state index contributed by atoms with van der Waals surface area (Å²) in [7, 11) is 0. The molecule has 154 valence electrons. The summed E-state index contributed by atoms with van der Waals surface area (Å²) in [5, 5.41) is 10.6. The molecule has 1 aromatic carbocycles. The van der Waals surface area contributed by atoms with Gasteiger partial charge in [-0.05, 0) is 56.6 Å². The van der Waals surface area contributed by atoms with Crippen molar-refractivity contribution in [2.75, 3.05) is 5.88 Å². The van der Waals surface area contributed by atoms with Gasteiger partial charge in [0.05, 0.1) is 0 Å². The molecule has 2 nitrogen and oxygen atoms in total. The third kappa shape index (κ3) is 6.59. The maximum Gasteiger partial charge on any atom is 0.124 e. The summed E-state index contributed by atoms with van der Waals surface area (Å²) >= 11 is 5.73. The predicted molar refractivity (Wildman–Crippen MR) is 117 cm³/mol. The van der Waals surface area contributed by atoms with E-state index in [0.29, 0.717) is 11.7 Å². The molecule has 1 aliphatic heterocycles. The van der Waals surface area contributed by atoms with E-state index in [0.717, 1.165) is 30.0 Å². The van der Waals surface area contributed by atoms with Crippen LogP contribution < -0.4 is 4.74 Å². The molecule has 0 aromatic heterocycles. The zero-order valence-electron chi connectivity index (χ0n) is 18.0. The average Bonchev–Trinajstić information content (AvgIpc) is 2.55. The second kappa shape index (κ2) is 9.54. The number of aromatic hydroxyl groups is 1. The number of unbranched alkanes of at least 4 members (excludes halogenated alkanes) is 6. The lowest BCUT2D eigenvalue weighted by Gasteiger charge is -2.39. The third-order valence-electron chi connectivity index (χ3n) is 5.69. The Morgan fingerprint density at radius 3 is 2.22 bits per heavy atom. The molecule has 0 aliphatic carbocycles. The molecule has 1 atom stereocenters. The molecule has 1 N–H and O–H groups in total. The highest BCUT2D eigenvalue weighted by Crippen LogP contribution is 2.47. The molecule has 2 rings (SSSR count). The fourth-order valence-corrected chi connectivity index (χ4v) is 4.45. The van der Waals surface area contributed by atoms with Gasteiger partial charge < -0.3 is 9.84 Å². The summed E-state index contributed by atoms with van der Waals surface area (Å²) in [6.45, 7) is 10.8. The van der Waals surface area contributed by atoms with Crippen LogP contribution in [-0.4, -0.2) is 16.6 Å². The molecule has 0 fully saturated rings. The van der Waals surface area contributed by atoms with Crippen molar-refractivity contribution in [3.8, 4) is 11.5 Å². The lowest BCUT2D eigenvalue weighted by Crippen LogP contribution is -2.35. The zero-order chi connectivity index (χ0) is 20.1. The molecule has 1 unspecified atom stereocenters. The first-order chi connectivity index (χ1) is 12.6. The molecular formula is C24H39ClO2. The zero-order valence-corrected chi connectivity index (χ0v) is 18.8. The van der Waals surface area contributed by atoms with Crippen LogP contribution in [0, 0.1) is 0 Å². The number of halogens is 1. The summed E-state index contributed by atoms with van der Waals surface area (Å²) in [5.41, 5.74) is 1.92. The van der Waals surface area contributed by atoms with Crippen molar-refractivity contribution in [2.24, 2.45) is 0 Å². The minimum Gasteiger partial charge on any atom is -0.508 e. The van der Waals surface area contributed by atoms with Crippen molar-refractivity contribution >= 4 is 11.6 Å². The Bertz CT molecular complexity index is 601. The Kier molecular flexibility index (Phi) is 7.92. The smallest absolute Gasteiger partial charge is 0.124 e. The summed E-state index contributed by atoms with van der Waals surface area (Å²) in [4.78, 5) is 0. The van der Waals surface area contributed by atoms with Gasteiger partial charge in [-0.15, -0.1) is 11.6 Å². The first-order valence-electron chi connectivity index (χ1n) is 10.8. The van der Waals surface area contributed by atoms with Crippen LogP contribution >= 0.6 is 11.6 Å². The number of hydrogen-bond donors (Lipinski definition) is 1. The van der Waals surface area contributed by atoms with Crippen LogP contribution in [0.5, 0.6) is 11.5 Å². The van der Waals surface area contributed by atoms with Crippen LogP contribution in [0.15, 0.2) is 12.1 Å². The number of benzene rings is 1. The van der Waals surface area contributed by atoms with Gasteiger partial charge >= 0.3 is 0 Å². The second-order valence-corrected chi connectivity index (χ2v) is 10.3. The Balaban J connectivity index is 1.99. The second-order valence-electron chi connectivity index (χ2n) is 9.87. The minimum atomic E-state index is -0.147. The molecule has 0 saturated heterocycles. The van der Waals surface area contributed by atoms with Crippen molar-refractivity contribution in [3.05, 3.63) is 23.3 Å². The number of alkyl halides is 1. The highest BCUT2D eigenvalue weighted by molar-refractivity contribution is 6.17. The fourth-order valence-electron chi connectivity index (χ4n) is 4.26. The molecule has 0 bridgehead atoms. The van der Waals surface area contributed by atoms with Crippen LogP contribution in [0.1, 0.15) is 109 Å². The van der Waals surface area contributed by atoms with E-state index in [9.17, 15) is 5.11 Å². The fraction of sp³-hybridized carbons (Fsp3) is 0.750. The molecule has 0 spiro atoms. The number of phenolic OH excluding ortho intramolecular Hbond substituents is 1. The highest BCUT2D eigenvalue weighted by Gasteiger charge is 2.35. The van der Waals surface area contributed by atoms with E-state index >= 15 is 0 Å². The molecule has 0 amide bonds. The topological polar surface area (TPSA) is 29.5 Å². The maximum atomic E-state index is 10.6. The van der Waals surface area contributed by atoms with Crippen molar-refractivity contribution in [2.45, 2.75) is 109 Å². The quantitative estimate of drug-likeness (QED) is 0.343. The Morgan fingerprint density at radius 2 is 1.63 bits per heavy atom. The molecule has 3 heteroatoms. The van der Waals surface area contributed by atoms with Crippen molar-refractivity contribution in [1.82, 2.24) is 0 Å². The third-order valence-corrected chi connectivity index (χ3v) is 5.95. The monoisotopic (exact) mass is 394 g/mol. The number of fused-ring (bicyclic) bond motifs is 1. The molecule has 1 aromatic rings. The number of rotatable bonds is 9. The summed E-state index contributed by atoms with van der Waals surface area (Å²) in [5.74, 6) is 2.65. The van der Waals surface area contributed by atoms with E-state index in [2.05, 4.69) is 40.7 Å². The molecule has 0 saturated carbocycles. The van der Waals surface area contributed by atoms with Gasteiger partial charge in [-0.25, -0.2) is 0 Å². The summed E-state index contributed by atoms with van der Waals surface area (Å²) in [6.07, 6.45) is 11.1. The highest BCUT2D eigenvalue weighted by atomic mass is 35.5. The predicted octanol–water partition coefficient (Wildman–Crippen LogP) is 7.69. The van der Waals surface area contributed by atoms with Gasteiger partial charge in [0, 0.05) is 17.0 Å². The lowest BCUT2D eigenvalue weighted by atomic mass is 9.78. The van der Waals surface area contributed by atoms with E-state index in [1.165, 1.54) is 50.5 Å². The molecular weight excluding hydrogens is 356 g/mol. The molecule has 1 heterocycles. The van der Waals surface area contributed by atoms with Gasteiger partial charge in [-0.1, -0.05) is 59.3 Å². The lowest BCUT2D eigenvalue weighted by molar-refractivity contribution is 0.0695. The summed E-state index contributed by atoms with van der Waals surface area (Å²) < 4.78 is 6.30. The number of ether oxygens (including phenoxy) is 1. The SMILES string of the molecule is CC1(C)CC(CCCCCCCCCCl)c2cc(O)c(C(C)(C)C)cc2O1. The first kappa shape index (κ1) is 22.4. The van der Waals surface area contributed by atoms with Gasteiger partial charge in [-0.2, -0.15) is 0 Å². The van der Waals surface area contributed by atoms with E-state index in [1.807, 2.05) is 6.07 Å². The van der Waals surface area contributed by atoms with Gasteiger partial charge in [0.1, 0.15) is 17.1 Å². The van der Waals surface area contributed by atoms with Crippen LogP contribution in [0.2, 0.25) is 0 Å². The van der Waals surface area contributed by atoms with Crippen LogP contribution in [0.4, 0.5) is 0 Å². The van der Waals surface area contributed by atoms with Crippen LogP contribution in [0.25, 0.3) is 0 Å². The first-order valence-corrected chi connectivity index (χ1v) is 11.3. The van der Waals surface area contributed by atoms with Crippen molar-refractivity contribution in [3.63, 3.8) is 0 Å². The minimum absolute atomic E-state index is 0.0942. The standard InChI is InChI=1S/C24H39ClO2/c1-23(2,3)20-16-22-19(15-21(20)26)18(17-24(4,5)27-22)13-11-9-7-6-8-10-12-14-25/h15-16,18,26H,6-14,17H2,1-5H3. The molecule has 1 aliphatic rings. The number of phenols is 1. The van der Waals surface area contributed by atoms with E-state index in [1.54, 1.807) is 0 Å². The van der Waals surface area contributed by atoms with E-state index in [4.69, 9.17) is 16.3 Å². The Morgan fingerprint density at radius 1 is 1.04 bits per heavy atom.